The number of halogens is 1. The molecule has 2 aliphatic rings. The minimum absolute atomic E-state index is 0.0385. The second-order valence-electron chi connectivity index (χ2n) is 7.82. The van der Waals surface area contributed by atoms with Crippen molar-refractivity contribution in [3.05, 3.63) is 58.6 Å². The first kappa shape index (κ1) is 21.2. The van der Waals surface area contributed by atoms with Gasteiger partial charge in [-0.3, -0.25) is 19.5 Å². The van der Waals surface area contributed by atoms with Crippen LogP contribution in [0.15, 0.2) is 42.5 Å². The van der Waals surface area contributed by atoms with Crippen LogP contribution in [0.3, 0.4) is 0 Å². The molecule has 2 fully saturated rings. The van der Waals surface area contributed by atoms with Gasteiger partial charge in [-0.1, -0.05) is 23.6 Å². The fourth-order valence-electron chi connectivity index (χ4n) is 4.34. The van der Waals surface area contributed by atoms with Crippen molar-refractivity contribution in [3.63, 3.8) is 0 Å². The van der Waals surface area contributed by atoms with Crippen LogP contribution in [-0.2, 0) is 9.59 Å². The molecule has 3 N–H and O–H groups in total. The number of carbonyl (C=O) groups excluding carboxylic acids is 2. The van der Waals surface area contributed by atoms with Gasteiger partial charge in [0.25, 0.3) is 5.91 Å². The summed E-state index contributed by atoms with van der Waals surface area (Å²) in [5.41, 5.74) is 4.89. The van der Waals surface area contributed by atoms with Gasteiger partial charge in [0, 0.05) is 28.9 Å². The van der Waals surface area contributed by atoms with Crippen LogP contribution >= 0.6 is 11.6 Å². The highest BCUT2D eigenvalue weighted by Gasteiger charge is 2.46. The van der Waals surface area contributed by atoms with Gasteiger partial charge < -0.3 is 10.4 Å². The number of phenolic OH excluding ortho intramolecular Hbond substituents is 1. The molecule has 0 spiro atoms. The fourth-order valence-corrected chi connectivity index (χ4v) is 4.53. The molecule has 0 aromatic heterocycles. The number of hydrazine groups is 1. The summed E-state index contributed by atoms with van der Waals surface area (Å²) in [4.78, 5) is 27.7. The SMILES string of the molecule is C#Cc1ccc(O)c([C@@H]2C(C(=O)Nc3cccc(Cl)c3)CCC3NN(C)C(=O)CN32)c1. The molecule has 0 radical (unpaired) electrons. The zero-order valence-corrected chi connectivity index (χ0v) is 17.8. The Kier molecular flexibility index (Phi) is 5.88. The highest BCUT2D eigenvalue weighted by Crippen LogP contribution is 2.43. The van der Waals surface area contributed by atoms with Crippen LogP contribution in [0.25, 0.3) is 0 Å². The molecule has 2 aromatic carbocycles. The maximum Gasteiger partial charge on any atom is 0.250 e. The van der Waals surface area contributed by atoms with Crippen LogP contribution in [0.1, 0.15) is 30.0 Å². The minimum atomic E-state index is -0.531. The van der Waals surface area contributed by atoms with Gasteiger partial charge in [0.15, 0.2) is 0 Å². The number of amides is 2. The normalized spacial score (nSPS) is 23.7. The van der Waals surface area contributed by atoms with E-state index in [1.165, 1.54) is 11.1 Å². The van der Waals surface area contributed by atoms with E-state index in [4.69, 9.17) is 18.0 Å². The number of terminal acetylenes is 1. The number of phenols is 1. The Labute approximate surface area is 186 Å². The lowest BCUT2D eigenvalue weighted by Crippen LogP contribution is -2.65. The lowest BCUT2D eigenvalue weighted by molar-refractivity contribution is -0.153. The Balaban J connectivity index is 1.72. The molecule has 0 bridgehead atoms. The van der Waals surface area contributed by atoms with E-state index in [0.29, 0.717) is 34.7 Å². The monoisotopic (exact) mass is 438 g/mol. The standard InChI is InChI=1S/C23H23ClN4O3/c1-3-14-7-9-19(29)18(11-14)22-17(23(31)25-16-6-4-5-15(24)12-16)8-10-20-26-27(2)21(30)13-28(20)22/h1,4-7,9,11-12,17,20,22,26,29H,8,10,13H2,2H3,(H,25,31)/t17?,20?,22-/m0/s1. The number of rotatable bonds is 3. The van der Waals surface area contributed by atoms with Crippen molar-refractivity contribution in [1.82, 2.24) is 15.3 Å². The fraction of sp³-hybridized carbons (Fsp3) is 0.304. The molecule has 2 amide bonds. The molecule has 160 valence electrons. The van der Waals surface area contributed by atoms with Crippen LogP contribution in [-0.4, -0.2) is 46.6 Å². The van der Waals surface area contributed by atoms with Gasteiger partial charge in [-0.2, -0.15) is 0 Å². The minimum Gasteiger partial charge on any atom is -0.508 e. The summed E-state index contributed by atoms with van der Waals surface area (Å²) in [6, 6.07) is 11.3. The quantitative estimate of drug-likeness (QED) is 0.642. The second-order valence-corrected chi connectivity index (χ2v) is 8.25. The van der Waals surface area contributed by atoms with Gasteiger partial charge >= 0.3 is 0 Å². The predicted molar refractivity (Wildman–Crippen MR) is 118 cm³/mol. The molecule has 4 rings (SSSR count). The molecular formula is C23H23ClN4O3. The molecule has 8 heteroatoms. The molecule has 2 aromatic rings. The van der Waals surface area contributed by atoms with Crippen molar-refractivity contribution in [3.8, 4) is 18.1 Å². The van der Waals surface area contributed by atoms with E-state index in [-0.39, 0.29) is 30.3 Å². The number of anilines is 1. The number of aromatic hydroxyl groups is 1. The first-order valence-electron chi connectivity index (χ1n) is 10.0. The summed E-state index contributed by atoms with van der Waals surface area (Å²) in [6.07, 6.45) is 6.66. The smallest absolute Gasteiger partial charge is 0.250 e. The van der Waals surface area contributed by atoms with Crippen molar-refractivity contribution >= 4 is 29.1 Å². The molecule has 2 saturated heterocycles. The van der Waals surface area contributed by atoms with Crippen molar-refractivity contribution in [2.45, 2.75) is 25.0 Å². The molecule has 0 saturated carbocycles. The first-order chi connectivity index (χ1) is 14.9. The van der Waals surface area contributed by atoms with Crippen LogP contribution in [0.2, 0.25) is 5.02 Å². The molecule has 31 heavy (non-hydrogen) atoms. The van der Waals surface area contributed by atoms with E-state index in [2.05, 4.69) is 16.7 Å². The third-order valence-electron chi connectivity index (χ3n) is 5.87. The molecule has 0 aliphatic carbocycles. The van der Waals surface area contributed by atoms with E-state index < -0.39 is 12.0 Å². The Morgan fingerprint density at radius 2 is 2.10 bits per heavy atom. The molecule has 2 unspecified atom stereocenters. The van der Waals surface area contributed by atoms with E-state index in [1.807, 2.05) is 4.90 Å². The number of benzene rings is 2. The molecule has 2 aliphatic heterocycles. The van der Waals surface area contributed by atoms with Gasteiger partial charge in [0.05, 0.1) is 24.7 Å². The van der Waals surface area contributed by atoms with Gasteiger partial charge in [-0.05, 0) is 49.2 Å². The Morgan fingerprint density at radius 3 is 2.84 bits per heavy atom. The van der Waals surface area contributed by atoms with Gasteiger partial charge in [0.2, 0.25) is 5.91 Å². The van der Waals surface area contributed by atoms with E-state index in [0.717, 1.165) is 0 Å². The number of hydrogen-bond acceptors (Lipinski definition) is 5. The summed E-state index contributed by atoms with van der Waals surface area (Å²) >= 11 is 6.05. The zero-order chi connectivity index (χ0) is 22.1. The second kappa shape index (κ2) is 8.60. The Morgan fingerprint density at radius 1 is 1.29 bits per heavy atom. The highest BCUT2D eigenvalue weighted by atomic mass is 35.5. The predicted octanol–water partition coefficient (Wildman–Crippen LogP) is 2.72. The van der Waals surface area contributed by atoms with Crippen LogP contribution in [0.5, 0.6) is 5.75 Å². The van der Waals surface area contributed by atoms with Crippen molar-refractivity contribution in [2.24, 2.45) is 5.92 Å². The topological polar surface area (TPSA) is 84.9 Å². The Bertz CT molecular complexity index is 1070. The lowest BCUT2D eigenvalue weighted by atomic mass is 9.81. The zero-order valence-electron chi connectivity index (χ0n) is 17.0. The molecule has 3 atom stereocenters. The van der Waals surface area contributed by atoms with Crippen molar-refractivity contribution < 1.29 is 14.7 Å². The van der Waals surface area contributed by atoms with Crippen molar-refractivity contribution in [2.75, 3.05) is 18.9 Å². The molecular weight excluding hydrogens is 416 g/mol. The number of likely N-dealkylation sites (N-methyl/N-ethyl adjacent to an activating group) is 1. The maximum absolute atomic E-state index is 13.3. The molecule has 2 heterocycles. The summed E-state index contributed by atoms with van der Waals surface area (Å²) in [6.45, 7) is 0.125. The number of piperidine rings is 1. The maximum atomic E-state index is 13.3. The average Bonchev–Trinajstić information content (AvgIpc) is 2.74. The van der Waals surface area contributed by atoms with E-state index in [9.17, 15) is 14.7 Å². The highest BCUT2D eigenvalue weighted by molar-refractivity contribution is 6.30. The van der Waals surface area contributed by atoms with E-state index >= 15 is 0 Å². The summed E-state index contributed by atoms with van der Waals surface area (Å²) < 4.78 is 0. The first-order valence-corrected chi connectivity index (χ1v) is 10.4. The van der Waals surface area contributed by atoms with E-state index in [1.54, 1.807) is 43.4 Å². The Hall–Kier alpha value is -3.05. The lowest BCUT2D eigenvalue weighted by Gasteiger charge is -2.50. The third kappa shape index (κ3) is 4.23. The van der Waals surface area contributed by atoms with Gasteiger partial charge in [0.1, 0.15) is 5.75 Å². The number of nitrogens with zero attached hydrogens (tertiary/aromatic N) is 2. The van der Waals surface area contributed by atoms with Crippen LogP contribution in [0.4, 0.5) is 5.69 Å². The van der Waals surface area contributed by atoms with Gasteiger partial charge in [-0.25, -0.2) is 5.43 Å². The number of hydrogen-bond donors (Lipinski definition) is 3. The number of carbonyl (C=O) groups is 2. The number of nitrogens with one attached hydrogen (secondary N) is 2. The van der Waals surface area contributed by atoms with Crippen molar-refractivity contribution in [1.29, 1.82) is 0 Å². The van der Waals surface area contributed by atoms with Crippen LogP contribution in [0, 0.1) is 18.3 Å². The van der Waals surface area contributed by atoms with Gasteiger partial charge in [-0.15, -0.1) is 6.42 Å². The number of fused-ring (bicyclic) bond motifs is 1. The average molecular weight is 439 g/mol. The van der Waals surface area contributed by atoms with Crippen LogP contribution < -0.4 is 10.7 Å². The third-order valence-corrected chi connectivity index (χ3v) is 6.10. The summed E-state index contributed by atoms with van der Waals surface area (Å²) in [5, 5.41) is 15.6. The summed E-state index contributed by atoms with van der Waals surface area (Å²) in [5.74, 6) is 1.78. The largest absolute Gasteiger partial charge is 0.508 e. The molecule has 7 nitrogen and oxygen atoms in total. The summed E-state index contributed by atoms with van der Waals surface area (Å²) in [7, 11) is 1.68.